The zero-order chi connectivity index (χ0) is 29.1. The number of aryl methyl sites for hydroxylation is 1. The maximum Gasteiger partial charge on any atom is 0.303 e. The van der Waals surface area contributed by atoms with Crippen molar-refractivity contribution in [2.75, 3.05) is 5.75 Å². The van der Waals surface area contributed by atoms with Gasteiger partial charge in [0.25, 0.3) is 0 Å². The van der Waals surface area contributed by atoms with E-state index < -0.39 is 0 Å². The first-order chi connectivity index (χ1) is 20.4. The highest BCUT2D eigenvalue weighted by Crippen LogP contribution is 2.50. The minimum absolute atomic E-state index is 0.191. The number of aliphatic hydroxyl groups excluding tert-OH is 1. The van der Waals surface area contributed by atoms with Crippen LogP contribution in [0.2, 0.25) is 0 Å². The fourth-order valence-electron chi connectivity index (χ4n) is 6.44. The van der Waals surface area contributed by atoms with Gasteiger partial charge in [0, 0.05) is 29.4 Å². The Morgan fingerprint density at radius 2 is 1.95 bits per heavy atom. The second-order valence-corrected chi connectivity index (χ2v) is 13.4. The normalized spacial score (nSPS) is 19.7. The lowest BCUT2D eigenvalue weighted by molar-refractivity contribution is -0.147. The SMILES string of the molecule is CC(=O)OC1(CSC(CCc2ccccc2CC(C)O)c2cccc(/C=C/c3ccc4c(n3)C3CCCC=C43)c2)CC1. The van der Waals surface area contributed by atoms with Crippen molar-refractivity contribution in [3.8, 4) is 0 Å². The molecule has 0 saturated heterocycles. The third-order valence-corrected chi connectivity index (χ3v) is 10.4. The van der Waals surface area contributed by atoms with E-state index in [0.717, 1.165) is 42.7 Å². The number of thioether (sulfide) groups is 1. The molecule has 3 unspecified atom stereocenters. The quantitative estimate of drug-likeness (QED) is 0.219. The molecule has 1 N–H and O–H groups in total. The molecule has 1 saturated carbocycles. The standard InChI is InChI=1S/C37H41NO3S/c1-25(39)22-29-10-4-3-9-28(29)15-19-35(42-24-37(20-21-37)41-26(2)40)30-11-7-8-27(23-30)14-16-31-17-18-34-32-12-5-6-13-33(32)36(34)38-31/h3-4,7-12,14,16-18,23,25,33,35,39H,5-6,13,15,19-22,24H2,1-2H3/b16-14+. The molecule has 0 radical (unpaired) electrons. The van der Waals surface area contributed by atoms with Crippen LogP contribution in [-0.2, 0) is 22.4 Å². The summed E-state index contributed by atoms with van der Waals surface area (Å²) in [5.41, 5.74) is 9.79. The Morgan fingerprint density at radius 1 is 1.12 bits per heavy atom. The molecule has 6 rings (SSSR count). The molecule has 2 aromatic carbocycles. The Balaban J connectivity index is 1.19. The minimum Gasteiger partial charge on any atom is -0.458 e. The van der Waals surface area contributed by atoms with E-state index in [4.69, 9.17) is 9.72 Å². The number of esters is 1. The van der Waals surface area contributed by atoms with E-state index in [9.17, 15) is 9.90 Å². The Hall–Kier alpha value is -3.15. The number of nitrogens with zero attached hydrogens (tertiary/aromatic N) is 1. The van der Waals surface area contributed by atoms with Gasteiger partial charge in [0.15, 0.2) is 0 Å². The number of hydrogen-bond acceptors (Lipinski definition) is 5. The molecule has 3 aliphatic rings. The molecule has 42 heavy (non-hydrogen) atoms. The molecule has 0 bridgehead atoms. The number of pyridine rings is 1. The van der Waals surface area contributed by atoms with Crippen molar-refractivity contribution in [3.63, 3.8) is 0 Å². The molecule has 0 aliphatic heterocycles. The van der Waals surface area contributed by atoms with Crippen LogP contribution in [0.4, 0.5) is 0 Å². The molecule has 3 aromatic rings. The average Bonchev–Trinajstić information content (AvgIpc) is 3.74. The Morgan fingerprint density at radius 3 is 2.74 bits per heavy atom. The van der Waals surface area contributed by atoms with Gasteiger partial charge in [-0.05, 0) is 98.3 Å². The van der Waals surface area contributed by atoms with Crippen LogP contribution in [0.5, 0.6) is 0 Å². The highest BCUT2D eigenvalue weighted by molar-refractivity contribution is 7.99. The summed E-state index contributed by atoms with van der Waals surface area (Å²) in [6, 6.07) is 21.7. The predicted molar refractivity (Wildman–Crippen MR) is 173 cm³/mol. The third-order valence-electron chi connectivity index (χ3n) is 8.78. The number of benzene rings is 2. The lowest BCUT2D eigenvalue weighted by Crippen LogP contribution is -2.21. The van der Waals surface area contributed by atoms with E-state index in [2.05, 4.69) is 78.9 Å². The van der Waals surface area contributed by atoms with Gasteiger partial charge in [-0.25, -0.2) is 0 Å². The molecule has 0 amide bonds. The molecule has 0 spiro atoms. The van der Waals surface area contributed by atoms with Crippen LogP contribution in [0, 0.1) is 0 Å². The van der Waals surface area contributed by atoms with Gasteiger partial charge in [-0.3, -0.25) is 9.78 Å². The number of ether oxygens (including phenoxy) is 1. The smallest absolute Gasteiger partial charge is 0.303 e. The average molecular weight is 580 g/mol. The van der Waals surface area contributed by atoms with Crippen molar-refractivity contribution in [2.45, 2.75) is 88.1 Å². The van der Waals surface area contributed by atoms with Crippen LogP contribution in [0.3, 0.4) is 0 Å². The lowest BCUT2D eigenvalue weighted by atomic mass is 9.70. The maximum absolute atomic E-state index is 11.7. The van der Waals surface area contributed by atoms with Crippen LogP contribution in [0.1, 0.15) is 103 Å². The van der Waals surface area contributed by atoms with Crippen molar-refractivity contribution in [1.29, 1.82) is 0 Å². The molecule has 4 nitrogen and oxygen atoms in total. The van der Waals surface area contributed by atoms with Gasteiger partial charge < -0.3 is 9.84 Å². The summed E-state index contributed by atoms with van der Waals surface area (Å²) >= 11 is 1.90. The number of carbonyl (C=O) groups excluding carboxylic acids is 1. The molecule has 1 heterocycles. The van der Waals surface area contributed by atoms with Gasteiger partial charge in [0.2, 0.25) is 0 Å². The zero-order valence-electron chi connectivity index (χ0n) is 24.7. The van der Waals surface area contributed by atoms with Gasteiger partial charge in [-0.2, -0.15) is 0 Å². The summed E-state index contributed by atoms with van der Waals surface area (Å²) in [5, 5.41) is 10.3. The number of hydrogen-bond donors (Lipinski definition) is 1. The van der Waals surface area contributed by atoms with Crippen molar-refractivity contribution >= 4 is 35.5 Å². The summed E-state index contributed by atoms with van der Waals surface area (Å²) in [4.78, 5) is 16.7. The highest BCUT2D eigenvalue weighted by atomic mass is 32.2. The monoisotopic (exact) mass is 579 g/mol. The van der Waals surface area contributed by atoms with E-state index in [-0.39, 0.29) is 22.9 Å². The Kier molecular flexibility index (Phi) is 8.69. The number of fused-ring (bicyclic) bond motifs is 4. The van der Waals surface area contributed by atoms with E-state index in [0.29, 0.717) is 12.3 Å². The number of aliphatic hydroxyl groups is 1. The summed E-state index contributed by atoms with van der Waals surface area (Å²) < 4.78 is 5.72. The Bertz CT molecular complexity index is 1500. The highest BCUT2D eigenvalue weighted by Gasteiger charge is 2.46. The molecule has 1 aromatic heterocycles. The molecular formula is C37H41NO3S. The molecular weight excluding hydrogens is 538 g/mol. The first kappa shape index (κ1) is 28.9. The molecule has 1 fully saturated rings. The number of aromatic nitrogens is 1. The van der Waals surface area contributed by atoms with Crippen LogP contribution >= 0.6 is 11.8 Å². The van der Waals surface area contributed by atoms with Gasteiger partial charge >= 0.3 is 5.97 Å². The lowest BCUT2D eigenvalue weighted by Gasteiger charge is -2.35. The van der Waals surface area contributed by atoms with Crippen LogP contribution in [0.15, 0.2) is 66.7 Å². The molecule has 5 heteroatoms. The summed E-state index contributed by atoms with van der Waals surface area (Å²) in [6.45, 7) is 3.36. The van der Waals surface area contributed by atoms with Gasteiger partial charge in [-0.1, -0.05) is 66.7 Å². The number of allylic oxidation sites excluding steroid dienone is 2. The summed E-state index contributed by atoms with van der Waals surface area (Å²) in [7, 11) is 0. The minimum atomic E-state index is -0.366. The van der Waals surface area contributed by atoms with Gasteiger partial charge in [0.1, 0.15) is 5.60 Å². The van der Waals surface area contributed by atoms with Crippen molar-refractivity contribution in [1.82, 2.24) is 4.98 Å². The third kappa shape index (κ3) is 6.74. The van der Waals surface area contributed by atoms with Crippen molar-refractivity contribution in [2.24, 2.45) is 0 Å². The van der Waals surface area contributed by atoms with Crippen molar-refractivity contribution in [3.05, 3.63) is 106 Å². The maximum atomic E-state index is 11.7. The van der Waals surface area contributed by atoms with Crippen LogP contribution < -0.4 is 0 Å². The van der Waals surface area contributed by atoms with E-state index in [1.165, 1.54) is 59.7 Å². The molecule has 3 aliphatic carbocycles. The fourth-order valence-corrected chi connectivity index (χ4v) is 7.92. The fraction of sp³-hybridized carbons (Fsp3) is 0.405. The van der Waals surface area contributed by atoms with Gasteiger partial charge in [0.05, 0.1) is 17.5 Å². The molecule has 218 valence electrons. The number of rotatable bonds is 12. The zero-order valence-corrected chi connectivity index (χ0v) is 25.5. The summed E-state index contributed by atoms with van der Waals surface area (Å²) in [5.74, 6) is 1.16. The van der Waals surface area contributed by atoms with E-state index in [1.54, 1.807) is 0 Å². The van der Waals surface area contributed by atoms with Crippen LogP contribution in [-0.4, -0.2) is 33.5 Å². The molecule has 3 atom stereocenters. The van der Waals surface area contributed by atoms with Crippen LogP contribution in [0.25, 0.3) is 17.7 Å². The van der Waals surface area contributed by atoms with Crippen molar-refractivity contribution < 1.29 is 14.6 Å². The first-order valence-electron chi connectivity index (χ1n) is 15.4. The predicted octanol–water partition coefficient (Wildman–Crippen LogP) is 8.34. The number of carbonyl (C=O) groups is 1. The second-order valence-electron chi connectivity index (χ2n) is 12.3. The first-order valence-corrected chi connectivity index (χ1v) is 16.5. The Labute approximate surface area is 254 Å². The topological polar surface area (TPSA) is 59.4 Å². The van der Waals surface area contributed by atoms with Gasteiger partial charge in [-0.15, -0.1) is 11.8 Å². The largest absolute Gasteiger partial charge is 0.458 e. The second kappa shape index (κ2) is 12.6. The van der Waals surface area contributed by atoms with E-state index >= 15 is 0 Å². The van der Waals surface area contributed by atoms with E-state index in [1.807, 2.05) is 18.7 Å². The summed E-state index contributed by atoms with van der Waals surface area (Å²) in [6.07, 6.45) is 14.5.